The topological polar surface area (TPSA) is 153 Å². The zero-order chi connectivity index (χ0) is 24.1. The van der Waals surface area contributed by atoms with Gasteiger partial charge in [-0.2, -0.15) is 0 Å². The Hall–Kier alpha value is -4.45. The molecule has 4 aromatic rings. The number of aliphatic hydroxyl groups excluding tert-OH is 1. The van der Waals surface area contributed by atoms with Crippen molar-refractivity contribution in [2.75, 3.05) is 31.4 Å². The quantitative estimate of drug-likeness (QED) is 0.269. The van der Waals surface area contributed by atoms with Gasteiger partial charge in [0.1, 0.15) is 18.4 Å². The minimum absolute atomic E-state index is 0.0549. The van der Waals surface area contributed by atoms with Crippen molar-refractivity contribution in [3.8, 4) is 17.4 Å². The summed E-state index contributed by atoms with van der Waals surface area (Å²) < 4.78 is 27.2. The summed E-state index contributed by atoms with van der Waals surface area (Å²) >= 11 is 0. The first-order valence-corrected chi connectivity index (χ1v) is 10.2. The van der Waals surface area contributed by atoms with Crippen molar-refractivity contribution in [2.24, 2.45) is 0 Å². The minimum Gasteiger partial charge on any atom is -0.497 e. The Bertz CT molecular complexity index is 1310. The maximum atomic E-state index is 15.6. The number of aromatic nitrogens is 5. The Morgan fingerprint density at radius 2 is 1.97 bits per heavy atom. The Morgan fingerprint density at radius 1 is 1.24 bits per heavy atom. The first-order valence-electron chi connectivity index (χ1n) is 10.2. The number of halogens is 1. The van der Waals surface area contributed by atoms with Crippen LogP contribution in [0, 0.1) is 5.82 Å². The Labute approximate surface area is 193 Å². The van der Waals surface area contributed by atoms with Crippen LogP contribution < -0.4 is 26.2 Å². The Balaban J connectivity index is 1.84. The van der Waals surface area contributed by atoms with Crippen LogP contribution in [0.1, 0.15) is 17.4 Å². The zero-order valence-corrected chi connectivity index (χ0v) is 18.1. The van der Waals surface area contributed by atoms with E-state index in [9.17, 15) is 4.79 Å². The van der Waals surface area contributed by atoms with E-state index in [-0.39, 0.29) is 36.3 Å². The molecule has 0 saturated heterocycles. The van der Waals surface area contributed by atoms with E-state index in [1.54, 1.807) is 30.3 Å². The molecule has 1 atom stereocenters. The van der Waals surface area contributed by atoms with E-state index >= 15 is 4.39 Å². The summed E-state index contributed by atoms with van der Waals surface area (Å²) in [7, 11) is 1.43. The lowest BCUT2D eigenvalue weighted by Gasteiger charge is -2.21. The first-order chi connectivity index (χ1) is 16.5. The number of rotatable bonds is 9. The third kappa shape index (κ3) is 4.81. The summed E-state index contributed by atoms with van der Waals surface area (Å²) in [5, 5.41) is 16.6. The van der Waals surface area contributed by atoms with Crippen LogP contribution in [0.5, 0.6) is 11.5 Å². The second kappa shape index (κ2) is 10.0. The number of hydrogen-bond donors (Lipinski definition) is 4. The number of ether oxygens (including phenoxy) is 2. The molecule has 0 aliphatic heterocycles. The molecule has 1 unspecified atom stereocenters. The van der Waals surface area contributed by atoms with Crippen LogP contribution in [-0.4, -0.2) is 50.2 Å². The van der Waals surface area contributed by atoms with Crippen molar-refractivity contribution in [2.45, 2.75) is 6.04 Å². The number of nitrogens with two attached hydrogens (primary N) is 1. The molecule has 0 amide bonds. The highest BCUT2D eigenvalue weighted by Crippen LogP contribution is 2.35. The van der Waals surface area contributed by atoms with Crippen molar-refractivity contribution < 1.29 is 19.0 Å². The third-order valence-corrected chi connectivity index (χ3v) is 4.81. The molecule has 0 aliphatic rings. The molecule has 4 rings (SSSR count). The van der Waals surface area contributed by atoms with Gasteiger partial charge in [0.25, 0.3) is 5.95 Å². The summed E-state index contributed by atoms with van der Waals surface area (Å²) in [5.41, 5.74) is 6.39. The normalized spacial score (nSPS) is 11.7. The van der Waals surface area contributed by atoms with Gasteiger partial charge < -0.3 is 25.6 Å². The van der Waals surface area contributed by atoms with Gasteiger partial charge in [0.15, 0.2) is 17.4 Å². The largest absolute Gasteiger partial charge is 0.497 e. The maximum absolute atomic E-state index is 15.6. The van der Waals surface area contributed by atoms with E-state index in [1.807, 2.05) is 0 Å². The number of methoxy groups -OCH3 is 1. The summed E-state index contributed by atoms with van der Waals surface area (Å²) in [6, 6.07) is 10.2. The highest BCUT2D eigenvalue weighted by Gasteiger charge is 2.27. The van der Waals surface area contributed by atoms with Gasteiger partial charge in [0, 0.05) is 35.4 Å². The molecular weight excluding hydrogens is 445 g/mol. The molecule has 12 heteroatoms. The molecule has 5 N–H and O–H groups in total. The van der Waals surface area contributed by atoms with E-state index in [2.05, 4.69) is 25.4 Å². The molecule has 2 aromatic heterocycles. The molecule has 2 heterocycles. The van der Waals surface area contributed by atoms with Crippen LogP contribution >= 0.6 is 0 Å². The fourth-order valence-electron chi connectivity index (χ4n) is 3.23. The van der Waals surface area contributed by atoms with Crippen molar-refractivity contribution in [1.29, 1.82) is 0 Å². The fourth-order valence-corrected chi connectivity index (χ4v) is 3.23. The fraction of sp³-hybridized carbons (Fsp3) is 0.182. The van der Waals surface area contributed by atoms with Crippen molar-refractivity contribution in [3.05, 3.63) is 82.5 Å². The number of nitrogens with one attached hydrogen (secondary N) is 2. The van der Waals surface area contributed by atoms with Gasteiger partial charge in [-0.15, -0.1) is 9.78 Å². The SMILES string of the molecule is COc1cc(OCCO)c(F)c(C(Nc2ccc(N)cc2)c2nn(-c3ncccn3)c(=O)[nH]2)c1. The van der Waals surface area contributed by atoms with Crippen LogP contribution in [0.15, 0.2) is 59.7 Å². The van der Waals surface area contributed by atoms with E-state index in [0.717, 1.165) is 4.68 Å². The lowest BCUT2D eigenvalue weighted by Crippen LogP contribution is -2.18. The number of anilines is 2. The third-order valence-electron chi connectivity index (χ3n) is 4.81. The van der Waals surface area contributed by atoms with Crippen LogP contribution in [-0.2, 0) is 0 Å². The van der Waals surface area contributed by atoms with Crippen molar-refractivity contribution in [1.82, 2.24) is 24.7 Å². The van der Waals surface area contributed by atoms with Gasteiger partial charge in [0.2, 0.25) is 0 Å². The zero-order valence-electron chi connectivity index (χ0n) is 18.1. The van der Waals surface area contributed by atoms with Crippen LogP contribution in [0.4, 0.5) is 15.8 Å². The number of aromatic amines is 1. The number of nitrogens with zero attached hydrogens (tertiary/aromatic N) is 4. The van der Waals surface area contributed by atoms with Gasteiger partial charge in [0.05, 0.1) is 13.7 Å². The molecule has 0 fully saturated rings. The molecule has 0 bridgehead atoms. The molecule has 0 radical (unpaired) electrons. The lowest BCUT2D eigenvalue weighted by atomic mass is 10.0. The van der Waals surface area contributed by atoms with E-state index < -0.39 is 17.5 Å². The molecule has 0 saturated carbocycles. The molecule has 2 aromatic carbocycles. The summed E-state index contributed by atoms with van der Waals surface area (Å²) in [4.78, 5) is 23.4. The molecular formula is C22H22FN7O4. The van der Waals surface area contributed by atoms with Crippen molar-refractivity contribution in [3.63, 3.8) is 0 Å². The van der Waals surface area contributed by atoms with Gasteiger partial charge in [-0.3, -0.25) is 4.98 Å². The number of hydrogen-bond acceptors (Lipinski definition) is 9. The monoisotopic (exact) mass is 467 g/mol. The van der Waals surface area contributed by atoms with Gasteiger partial charge in [-0.05, 0) is 36.4 Å². The Morgan fingerprint density at radius 3 is 2.65 bits per heavy atom. The molecule has 176 valence electrons. The number of benzene rings is 2. The summed E-state index contributed by atoms with van der Waals surface area (Å²) in [6.07, 6.45) is 2.94. The predicted molar refractivity (Wildman–Crippen MR) is 122 cm³/mol. The highest BCUT2D eigenvalue weighted by atomic mass is 19.1. The number of aliphatic hydroxyl groups is 1. The number of H-pyrrole nitrogens is 1. The van der Waals surface area contributed by atoms with Crippen LogP contribution in [0.2, 0.25) is 0 Å². The maximum Gasteiger partial charge on any atom is 0.350 e. The van der Waals surface area contributed by atoms with E-state index in [0.29, 0.717) is 17.1 Å². The van der Waals surface area contributed by atoms with Crippen LogP contribution in [0.3, 0.4) is 0 Å². The highest BCUT2D eigenvalue weighted by molar-refractivity contribution is 5.54. The average Bonchev–Trinajstić information content (AvgIpc) is 3.25. The molecule has 0 spiro atoms. The van der Waals surface area contributed by atoms with Gasteiger partial charge >= 0.3 is 5.69 Å². The van der Waals surface area contributed by atoms with Gasteiger partial charge in [-0.25, -0.2) is 19.2 Å². The summed E-state index contributed by atoms with van der Waals surface area (Å²) in [5.74, 6) is -0.385. The average molecular weight is 467 g/mol. The smallest absolute Gasteiger partial charge is 0.350 e. The second-order valence-electron chi connectivity index (χ2n) is 7.08. The van der Waals surface area contributed by atoms with E-state index in [4.69, 9.17) is 20.3 Å². The predicted octanol–water partition coefficient (Wildman–Crippen LogP) is 1.65. The minimum atomic E-state index is -0.979. The molecule has 34 heavy (non-hydrogen) atoms. The van der Waals surface area contributed by atoms with Crippen LogP contribution in [0.25, 0.3) is 5.95 Å². The lowest BCUT2D eigenvalue weighted by molar-refractivity contribution is 0.195. The molecule has 0 aliphatic carbocycles. The number of nitrogen functional groups attached to an aromatic ring is 1. The van der Waals surface area contributed by atoms with E-state index in [1.165, 1.54) is 31.6 Å². The van der Waals surface area contributed by atoms with Crippen molar-refractivity contribution >= 4 is 11.4 Å². The first kappa shape index (κ1) is 22.7. The standard InChI is InChI=1S/C22H22FN7O4/c1-33-15-11-16(18(23)17(12-15)34-10-9-31)19(27-14-5-3-13(24)4-6-14)20-28-22(32)30(29-20)21-25-7-2-8-26-21/h2-8,11-12,19,27,31H,9-10,24H2,1H3,(H,28,29,32). The second-order valence-corrected chi connectivity index (χ2v) is 7.08. The Kier molecular flexibility index (Phi) is 6.69. The molecule has 11 nitrogen and oxygen atoms in total. The van der Waals surface area contributed by atoms with Gasteiger partial charge in [-0.1, -0.05) is 0 Å². The summed E-state index contributed by atoms with van der Waals surface area (Å²) in [6.45, 7) is -0.412.